The third kappa shape index (κ3) is 3.50. The van der Waals surface area contributed by atoms with Crippen molar-refractivity contribution in [2.75, 3.05) is 0 Å². The summed E-state index contributed by atoms with van der Waals surface area (Å²) in [6.07, 6.45) is 2.40. The van der Waals surface area contributed by atoms with Crippen LogP contribution in [0, 0.1) is 44.1 Å². The molecule has 0 spiro atoms. The van der Waals surface area contributed by atoms with Gasteiger partial charge in [-0.25, -0.2) is 9.69 Å². The fraction of sp³-hybridized carbons (Fsp3) is 0.621. The maximum atomic E-state index is 13.6. The van der Waals surface area contributed by atoms with Crippen LogP contribution in [0.1, 0.15) is 75.7 Å². The van der Waals surface area contributed by atoms with Crippen molar-refractivity contribution in [3.8, 4) is 0 Å². The quantitative estimate of drug-likeness (QED) is 0.333. The molecular formula is C29H36N2O7. The Morgan fingerprint density at radius 2 is 1.97 bits per heavy atom. The van der Waals surface area contributed by atoms with Crippen LogP contribution in [-0.2, 0) is 16.1 Å². The topological polar surface area (TPSA) is 127 Å². The van der Waals surface area contributed by atoms with E-state index in [1.54, 1.807) is 6.08 Å². The second-order valence-electron chi connectivity index (χ2n) is 12.4. The summed E-state index contributed by atoms with van der Waals surface area (Å²) in [6.45, 7) is 12.0. The second kappa shape index (κ2) is 8.73. The van der Waals surface area contributed by atoms with Gasteiger partial charge in [-0.3, -0.25) is 19.7 Å². The number of carbonyl (C=O) groups excluding carboxylic acids is 3. The number of hydrogen-bond donors (Lipinski definition) is 1. The minimum absolute atomic E-state index is 0.0612. The third-order valence-electron chi connectivity index (χ3n) is 10.9. The van der Waals surface area contributed by atoms with Crippen molar-refractivity contribution in [3.63, 3.8) is 0 Å². The number of nitrogens with zero attached hydrogens (tertiary/aromatic N) is 2. The molecule has 3 fully saturated rings. The van der Waals surface area contributed by atoms with E-state index < -0.39 is 45.4 Å². The number of fused-ring (bicyclic) bond motifs is 1. The number of imide groups is 1. The summed E-state index contributed by atoms with van der Waals surface area (Å²) in [7, 11) is 0. The van der Waals surface area contributed by atoms with Crippen LogP contribution in [-0.4, -0.2) is 44.9 Å². The Hall–Kier alpha value is -3.07. The lowest BCUT2D eigenvalue weighted by Gasteiger charge is -2.61. The summed E-state index contributed by atoms with van der Waals surface area (Å²) in [4.78, 5) is 51.9. The molecule has 1 aromatic carbocycles. The maximum Gasteiger partial charge on any atom is 0.417 e. The first-order valence-corrected chi connectivity index (χ1v) is 13.4. The number of Topliss-reactive ketones (excluding diaryl/α,β-unsaturated/α-hetero) is 1. The zero-order valence-corrected chi connectivity index (χ0v) is 22.4. The molecule has 0 radical (unpaired) electrons. The number of non-ortho nitro benzene ring substituents is 1. The molecule has 9 nitrogen and oxygen atoms in total. The number of ether oxygens (including phenoxy) is 1. The van der Waals surface area contributed by atoms with E-state index in [0.29, 0.717) is 18.4 Å². The van der Waals surface area contributed by atoms with Gasteiger partial charge in [0.1, 0.15) is 11.9 Å². The monoisotopic (exact) mass is 524 g/mol. The number of rotatable bonds is 3. The summed E-state index contributed by atoms with van der Waals surface area (Å²) in [5, 5.41) is 22.8. The summed E-state index contributed by atoms with van der Waals surface area (Å²) >= 11 is 0. The number of carbonyl (C=O) groups is 3. The fourth-order valence-corrected chi connectivity index (χ4v) is 8.25. The van der Waals surface area contributed by atoms with Crippen molar-refractivity contribution in [1.29, 1.82) is 0 Å². The van der Waals surface area contributed by atoms with E-state index in [0.717, 1.165) is 17.7 Å². The van der Waals surface area contributed by atoms with Crippen molar-refractivity contribution in [2.24, 2.45) is 34.0 Å². The first-order chi connectivity index (χ1) is 17.8. The number of aliphatic hydroxyl groups excluding tert-OH is 1. The lowest BCUT2D eigenvalue weighted by Crippen LogP contribution is -2.63. The van der Waals surface area contributed by atoms with Crippen LogP contribution < -0.4 is 0 Å². The molecule has 1 unspecified atom stereocenters. The van der Waals surface area contributed by atoms with E-state index in [1.807, 2.05) is 20.8 Å². The van der Waals surface area contributed by atoms with E-state index in [9.17, 15) is 29.6 Å². The average Bonchev–Trinajstić information content (AvgIpc) is 3.41. The molecule has 3 saturated carbocycles. The van der Waals surface area contributed by atoms with Crippen molar-refractivity contribution in [1.82, 2.24) is 4.90 Å². The van der Waals surface area contributed by atoms with Crippen LogP contribution in [0.4, 0.5) is 10.5 Å². The predicted molar refractivity (Wildman–Crippen MR) is 138 cm³/mol. The molecule has 1 aliphatic heterocycles. The lowest BCUT2D eigenvalue weighted by molar-refractivity contribution is -0.384. The van der Waals surface area contributed by atoms with Gasteiger partial charge in [-0.2, -0.15) is 0 Å². The molecule has 1 heterocycles. The average molecular weight is 525 g/mol. The largest absolute Gasteiger partial charge is 0.445 e. The molecule has 5 rings (SSSR count). The maximum absolute atomic E-state index is 13.6. The summed E-state index contributed by atoms with van der Waals surface area (Å²) in [6, 6.07) is 3.91. The lowest BCUT2D eigenvalue weighted by atomic mass is 9.44. The van der Waals surface area contributed by atoms with E-state index in [1.165, 1.54) is 18.2 Å². The molecule has 38 heavy (non-hydrogen) atoms. The molecule has 0 saturated heterocycles. The molecule has 2 bridgehead atoms. The number of ketones is 1. The van der Waals surface area contributed by atoms with E-state index in [-0.39, 0.29) is 47.8 Å². The Balaban J connectivity index is 1.53. The van der Waals surface area contributed by atoms with Gasteiger partial charge in [-0.05, 0) is 54.6 Å². The zero-order valence-electron chi connectivity index (χ0n) is 22.4. The van der Waals surface area contributed by atoms with Crippen molar-refractivity contribution < 1.29 is 29.2 Å². The Bertz CT molecular complexity index is 1250. The molecule has 3 aliphatic carbocycles. The smallest absolute Gasteiger partial charge is 0.417 e. The normalized spacial score (nSPS) is 40.1. The number of nitro benzene ring substituents is 1. The first-order valence-electron chi connectivity index (χ1n) is 13.4. The summed E-state index contributed by atoms with van der Waals surface area (Å²) in [5.74, 6) is -0.871. The first kappa shape index (κ1) is 26.5. The molecular weight excluding hydrogens is 488 g/mol. The highest BCUT2D eigenvalue weighted by Gasteiger charge is 2.68. The third-order valence-corrected chi connectivity index (χ3v) is 10.9. The standard InChI is InChI=1S/C29H36N2O7/c1-6-27(4)14-22(38-26(35)30-15-18-13-19(31(36)37)7-8-20(18)25(30)34)28(5)16(2)9-11-29(17(3)24(27)33)12-10-21(32)23(28)29/h6-8,13,16-17,22-24,33H,1,9-12,14-15H2,2-5H3/t16-,17+,22-,23?,24+,27-,28+,29+/m1/s1. The van der Waals surface area contributed by atoms with Gasteiger partial charge in [0.05, 0.1) is 17.6 Å². The van der Waals surface area contributed by atoms with E-state index in [4.69, 9.17) is 4.74 Å². The van der Waals surface area contributed by atoms with Gasteiger partial charge in [0.25, 0.3) is 11.6 Å². The van der Waals surface area contributed by atoms with Crippen LogP contribution in [0.2, 0.25) is 0 Å². The van der Waals surface area contributed by atoms with Gasteiger partial charge in [0.2, 0.25) is 0 Å². The van der Waals surface area contributed by atoms with Gasteiger partial charge in [-0.1, -0.05) is 33.8 Å². The minimum Gasteiger partial charge on any atom is -0.445 e. The van der Waals surface area contributed by atoms with Gasteiger partial charge in [0.15, 0.2) is 0 Å². The van der Waals surface area contributed by atoms with Crippen molar-refractivity contribution in [3.05, 3.63) is 52.1 Å². The molecule has 0 aromatic heterocycles. The van der Waals surface area contributed by atoms with Gasteiger partial charge in [0, 0.05) is 40.9 Å². The Morgan fingerprint density at radius 1 is 1.26 bits per heavy atom. The number of aliphatic hydroxyl groups is 1. The SMILES string of the molecule is C=C[C@]1(C)C[C@@H](OC(=O)N2Cc3cc([N+](=O)[O-])ccc3C2=O)[C@@]2(C)C3C(=O)CC[C@@]3(CC[C@H]2C)[C@@H](C)[C@@H]1O. The van der Waals surface area contributed by atoms with Crippen molar-refractivity contribution >= 4 is 23.5 Å². The molecule has 2 amide bonds. The Kier molecular flexibility index (Phi) is 6.09. The highest BCUT2D eigenvalue weighted by atomic mass is 16.6. The van der Waals surface area contributed by atoms with E-state index in [2.05, 4.69) is 13.5 Å². The van der Waals surface area contributed by atoms with Gasteiger partial charge in [-0.15, -0.1) is 6.58 Å². The fourth-order valence-electron chi connectivity index (χ4n) is 8.25. The molecule has 204 valence electrons. The van der Waals surface area contributed by atoms with Crippen LogP contribution in [0.15, 0.2) is 30.9 Å². The van der Waals surface area contributed by atoms with Crippen LogP contribution >= 0.6 is 0 Å². The molecule has 1 aromatic rings. The number of amides is 2. The van der Waals surface area contributed by atoms with Crippen LogP contribution in [0.3, 0.4) is 0 Å². The molecule has 4 aliphatic rings. The Morgan fingerprint density at radius 3 is 2.63 bits per heavy atom. The minimum atomic E-state index is -0.844. The molecule has 1 N–H and O–H groups in total. The highest BCUT2D eigenvalue weighted by molar-refractivity contribution is 6.06. The molecule has 9 heteroatoms. The van der Waals surface area contributed by atoms with Gasteiger partial charge >= 0.3 is 6.09 Å². The number of hydrogen-bond acceptors (Lipinski definition) is 7. The van der Waals surface area contributed by atoms with Crippen LogP contribution in [0.5, 0.6) is 0 Å². The van der Waals surface area contributed by atoms with Crippen molar-refractivity contribution in [2.45, 2.75) is 78.6 Å². The van der Waals surface area contributed by atoms with Gasteiger partial charge < -0.3 is 9.84 Å². The molecule has 8 atom stereocenters. The van der Waals surface area contributed by atoms with Crippen LogP contribution in [0.25, 0.3) is 0 Å². The predicted octanol–water partition coefficient (Wildman–Crippen LogP) is 5.05. The zero-order chi connectivity index (χ0) is 27.8. The second-order valence-corrected chi connectivity index (χ2v) is 12.4. The Labute approximate surface area is 222 Å². The summed E-state index contributed by atoms with van der Waals surface area (Å²) in [5.41, 5.74) is -1.42. The highest BCUT2D eigenvalue weighted by Crippen LogP contribution is 2.68. The summed E-state index contributed by atoms with van der Waals surface area (Å²) < 4.78 is 6.20. The number of nitro groups is 1. The number of benzene rings is 1. The van der Waals surface area contributed by atoms with E-state index >= 15 is 0 Å².